The topological polar surface area (TPSA) is 78.9 Å². The monoisotopic (exact) mass is 413 g/mol. The number of nitrogens with zero attached hydrogens (tertiary/aromatic N) is 5. The summed E-state index contributed by atoms with van der Waals surface area (Å²) in [5, 5.41) is 1.93. The third kappa shape index (κ3) is 3.88. The molecule has 1 saturated heterocycles. The number of piperazine rings is 1. The van der Waals surface area contributed by atoms with Gasteiger partial charge in [0.25, 0.3) is 11.8 Å². The molecule has 4 rings (SSSR count). The van der Waals surface area contributed by atoms with Gasteiger partial charge in [-0.15, -0.1) is 11.3 Å². The lowest BCUT2D eigenvalue weighted by atomic mass is 10.1. The average molecular weight is 414 g/mol. The predicted molar refractivity (Wildman–Crippen MR) is 110 cm³/mol. The molecule has 152 valence electrons. The Labute approximate surface area is 173 Å². The maximum Gasteiger partial charge on any atom is 0.277 e. The number of carbonyl (C=O) groups excluding carboxylic acids is 2. The minimum absolute atomic E-state index is 0.209. The Hall–Kier alpha value is -2.78. The summed E-state index contributed by atoms with van der Waals surface area (Å²) >= 11 is 1.48. The van der Waals surface area contributed by atoms with E-state index < -0.39 is 0 Å². The Morgan fingerprint density at radius 1 is 1.03 bits per heavy atom. The van der Waals surface area contributed by atoms with Crippen LogP contribution in [-0.2, 0) is 14.3 Å². The van der Waals surface area contributed by atoms with Crippen LogP contribution in [0.3, 0.4) is 0 Å². The summed E-state index contributed by atoms with van der Waals surface area (Å²) in [4.78, 5) is 41.2. The first-order valence-corrected chi connectivity index (χ1v) is 10.5. The highest BCUT2D eigenvalue weighted by atomic mass is 32.1. The lowest BCUT2D eigenvalue weighted by Crippen LogP contribution is -2.48. The van der Waals surface area contributed by atoms with Crippen molar-refractivity contribution in [2.75, 3.05) is 51.3 Å². The Bertz CT molecular complexity index is 892. The second-order valence-electron chi connectivity index (χ2n) is 6.83. The number of hydrogen-bond acceptors (Lipinski definition) is 8. The van der Waals surface area contributed by atoms with Gasteiger partial charge in [0.2, 0.25) is 5.95 Å². The van der Waals surface area contributed by atoms with Gasteiger partial charge < -0.3 is 14.5 Å². The smallest absolute Gasteiger partial charge is 0.277 e. The maximum atomic E-state index is 13.2. The Morgan fingerprint density at radius 2 is 1.76 bits per heavy atom. The van der Waals surface area contributed by atoms with Gasteiger partial charge in [-0.25, -0.2) is 9.97 Å². The molecule has 2 amide bonds. The van der Waals surface area contributed by atoms with Gasteiger partial charge >= 0.3 is 0 Å². The van der Waals surface area contributed by atoms with E-state index in [-0.39, 0.29) is 11.8 Å². The summed E-state index contributed by atoms with van der Waals surface area (Å²) < 4.78 is 5.08. The molecule has 0 radical (unpaired) electrons. The summed E-state index contributed by atoms with van der Waals surface area (Å²) in [7, 11) is 1.62. The minimum Gasteiger partial charge on any atom is -0.385 e. The standard InChI is InChI=1S/C20H23N5O3S/c1-28-13-4-8-25-18(26)16(15-5-2-14-29-15)17(19(25)27)23-9-11-24(12-10-23)20-21-6-3-7-22-20/h2-3,5-7,14H,4,8-13H2,1H3. The molecule has 2 aliphatic rings. The number of aromatic nitrogens is 2. The Morgan fingerprint density at radius 3 is 2.41 bits per heavy atom. The van der Waals surface area contributed by atoms with Crippen molar-refractivity contribution in [2.24, 2.45) is 0 Å². The number of carbonyl (C=O) groups is 2. The van der Waals surface area contributed by atoms with Gasteiger partial charge in [0.15, 0.2) is 0 Å². The molecule has 8 nitrogen and oxygen atoms in total. The summed E-state index contributed by atoms with van der Waals surface area (Å²) in [5.74, 6) is 0.269. The van der Waals surface area contributed by atoms with Crippen LogP contribution in [0, 0.1) is 0 Å². The molecule has 9 heteroatoms. The van der Waals surface area contributed by atoms with Crippen LogP contribution in [0.4, 0.5) is 5.95 Å². The Balaban J connectivity index is 1.56. The fourth-order valence-corrected chi connectivity index (χ4v) is 4.42. The van der Waals surface area contributed by atoms with Gasteiger partial charge in [-0.1, -0.05) is 6.07 Å². The molecule has 1 fully saturated rings. The van der Waals surface area contributed by atoms with E-state index in [2.05, 4.69) is 14.9 Å². The molecule has 0 aromatic carbocycles. The molecule has 0 bridgehead atoms. The molecule has 2 aromatic rings. The predicted octanol–water partition coefficient (Wildman–Crippen LogP) is 1.48. The highest BCUT2D eigenvalue weighted by Crippen LogP contribution is 2.34. The van der Waals surface area contributed by atoms with Gasteiger partial charge in [0.1, 0.15) is 5.70 Å². The largest absolute Gasteiger partial charge is 0.385 e. The molecule has 2 aromatic heterocycles. The molecule has 0 N–H and O–H groups in total. The zero-order valence-corrected chi connectivity index (χ0v) is 17.1. The third-order valence-corrected chi connectivity index (χ3v) is 5.96. The molecule has 0 unspecified atom stereocenters. The number of imide groups is 1. The van der Waals surface area contributed by atoms with Crippen molar-refractivity contribution in [1.82, 2.24) is 19.8 Å². The number of methoxy groups -OCH3 is 1. The van der Waals surface area contributed by atoms with Crippen molar-refractivity contribution in [3.63, 3.8) is 0 Å². The molecule has 4 heterocycles. The van der Waals surface area contributed by atoms with E-state index in [1.54, 1.807) is 25.6 Å². The van der Waals surface area contributed by atoms with Crippen molar-refractivity contribution in [1.29, 1.82) is 0 Å². The summed E-state index contributed by atoms with van der Waals surface area (Å²) in [5.41, 5.74) is 1.04. The second kappa shape index (κ2) is 8.71. The molecular weight excluding hydrogens is 390 g/mol. The van der Waals surface area contributed by atoms with Gasteiger partial charge in [0.05, 0.1) is 5.57 Å². The van der Waals surface area contributed by atoms with E-state index in [1.807, 2.05) is 22.4 Å². The molecule has 0 atom stereocenters. The number of ether oxygens (including phenoxy) is 1. The molecular formula is C20H23N5O3S. The maximum absolute atomic E-state index is 13.2. The van der Waals surface area contributed by atoms with E-state index in [4.69, 9.17) is 4.74 Å². The SMILES string of the molecule is COCCCN1C(=O)C(c2cccs2)=C(N2CCN(c3ncccn3)CC2)C1=O. The first kappa shape index (κ1) is 19.5. The molecule has 0 saturated carbocycles. The van der Waals surface area contributed by atoms with E-state index in [0.717, 1.165) is 4.88 Å². The van der Waals surface area contributed by atoms with Crippen LogP contribution < -0.4 is 4.90 Å². The highest BCUT2D eigenvalue weighted by Gasteiger charge is 2.42. The molecule has 0 aliphatic carbocycles. The molecule has 2 aliphatic heterocycles. The lowest BCUT2D eigenvalue weighted by molar-refractivity contribution is -0.137. The lowest BCUT2D eigenvalue weighted by Gasteiger charge is -2.36. The van der Waals surface area contributed by atoms with Crippen LogP contribution in [0.5, 0.6) is 0 Å². The van der Waals surface area contributed by atoms with Crippen molar-refractivity contribution in [3.05, 3.63) is 46.5 Å². The normalized spacial score (nSPS) is 17.6. The van der Waals surface area contributed by atoms with E-state index >= 15 is 0 Å². The van der Waals surface area contributed by atoms with Crippen LogP contribution in [-0.4, -0.2) is 78.0 Å². The number of hydrogen-bond donors (Lipinski definition) is 0. The minimum atomic E-state index is -0.211. The summed E-state index contributed by atoms with van der Waals surface area (Å²) in [6.07, 6.45) is 4.07. The first-order chi connectivity index (χ1) is 14.2. The van der Waals surface area contributed by atoms with Gasteiger partial charge in [-0.3, -0.25) is 14.5 Å². The fraction of sp³-hybridized carbons (Fsp3) is 0.400. The highest BCUT2D eigenvalue weighted by molar-refractivity contribution is 7.11. The fourth-order valence-electron chi connectivity index (χ4n) is 3.65. The van der Waals surface area contributed by atoms with E-state index in [0.29, 0.717) is 63.0 Å². The van der Waals surface area contributed by atoms with Gasteiger partial charge in [-0.2, -0.15) is 0 Å². The van der Waals surface area contributed by atoms with Crippen molar-refractivity contribution < 1.29 is 14.3 Å². The average Bonchev–Trinajstić information content (AvgIpc) is 3.37. The quantitative estimate of drug-likeness (QED) is 0.502. The van der Waals surface area contributed by atoms with Crippen LogP contribution >= 0.6 is 11.3 Å². The van der Waals surface area contributed by atoms with Crippen molar-refractivity contribution >= 4 is 34.7 Å². The van der Waals surface area contributed by atoms with Gasteiger partial charge in [0, 0.05) is 63.7 Å². The van der Waals surface area contributed by atoms with Crippen LogP contribution in [0.25, 0.3) is 5.57 Å². The van der Waals surface area contributed by atoms with Gasteiger partial charge in [-0.05, 0) is 23.9 Å². The zero-order chi connectivity index (χ0) is 20.2. The second-order valence-corrected chi connectivity index (χ2v) is 7.78. The molecule has 29 heavy (non-hydrogen) atoms. The van der Waals surface area contributed by atoms with Crippen LogP contribution in [0.15, 0.2) is 41.7 Å². The van der Waals surface area contributed by atoms with E-state index in [1.165, 1.54) is 16.2 Å². The third-order valence-electron chi connectivity index (χ3n) is 5.07. The number of amides is 2. The van der Waals surface area contributed by atoms with Crippen molar-refractivity contribution in [2.45, 2.75) is 6.42 Å². The number of rotatable bonds is 7. The Kier molecular flexibility index (Phi) is 5.86. The zero-order valence-electron chi connectivity index (χ0n) is 16.3. The number of thiophene rings is 1. The van der Waals surface area contributed by atoms with Crippen molar-refractivity contribution in [3.8, 4) is 0 Å². The van der Waals surface area contributed by atoms with E-state index in [9.17, 15) is 9.59 Å². The van der Waals surface area contributed by atoms with Crippen LogP contribution in [0.1, 0.15) is 11.3 Å². The first-order valence-electron chi connectivity index (χ1n) is 9.61. The summed E-state index contributed by atoms with van der Waals surface area (Å²) in [6, 6.07) is 5.59. The molecule has 0 spiro atoms. The number of anilines is 1. The summed E-state index contributed by atoms with van der Waals surface area (Å²) in [6.45, 7) is 3.52. The van der Waals surface area contributed by atoms with Crippen LogP contribution in [0.2, 0.25) is 0 Å².